The fraction of sp³-hybridized carbons (Fsp3) is 0.700. The molecule has 0 saturated carbocycles. The molecule has 1 aromatic rings. The van der Waals surface area contributed by atoms with E-state index in [1.165, 1.54) is 50.6 Å². The number of unbranched alkanes of at least 4 members (excludes halogenated alkanes) is 3. The van der Waals surface area contributed by atoms with Gasteiger partial charge >= 0.3 is 0 Å². The van der Waals surface area contributed by atoms with Crippen molar-refractivity contribution in [3.8, 4) is 0 Å². The van der Waals surface area contributed by atoms with E-state index < -0.39 is 26.2 Å². The van der Waals surface area contributed by atoms with Crippen molar-refractivity contribution in [1.29, 1.82) is 0 Å². The molecule has 1 aliphatic rings. The smallest absolute Gasteiger partial charge is 0.194 e. The van der Waals surface area contributed by atoms with Gasteiger partial charge in [0, 0.05) is 8.80 Å². The van der Waals surface area contributed by atoms with Crippen LogP contribution in [0.15, 0.2) is 12.1 Å². The zero-order valence-electron chi connectivity index (χ0n) is 14.9. The molecule has 0 spiro atoms. The Morgan fingerprint density at radius 3 is 2.25 bits per heavy atom. The summed E-state index contributed by atoms with van der Waals surface area (Å²) in [7, 11) is -0.422. The Hall–Kier alpha value is -0.773. The summed E-state index contributed by atoms with van der Waals surface area (Å²) in [5.74, 6) is -2.65. The SMILES string of the molecule is CCCCC[SiH]1CCC(CCCCc2cc(F)c(F)c(F)c2)CC1. The molecule has 0 bridgehead atoms. The van der Waals surface area contributed by atoms with Crippen molar-refractivity contribution >= 4 is 8.80 Å². The van der Waals surface area contributed by atoms with E-state index in [0.29, 0.717) is 12.0 Å². The number of halogens is 3. The van der Waals surface area contributed by atoms with Crippen LogP contribution in [0.1, 0.15) is 63.9 Å². The molecule has 136 valence electrons. The minimum atomic E-state index is -1.36. The zero-order valence-corrected chi connectivity index (χ0v) is 16.1. The quantitative estimate of drug-likeness (QED) is 0.264. The largest absolute Gasteiger partial charge is 0.204 e. The zero-order chi connectivity index (χ0) is 17.4. The van der Waals surface area contributed by atoms with Crippen molar-refractivity contribution in [3.05, 3.63) is 35.1 Å². The van der Waals surface area contributed by atoms with E-state index in [9.17, 15) is 13.2 Å². The second kappa shape index (κ2) is 10.3. The van der Waals surface area contributed by atoms with Crippen LogP contribution < -0.4 is 0 Å². The molecule has 1 aliphatic heterocycles. The average molecular weight is 357 g/mol. The molecule has 2 rings (SSSR count). The summed E-state index contributed by atoms with van der Waals surface area (Å²) in [6.45, 7) is 2.27. The minimum Gasteiger partial charge on any atom is -0.204 e. The summed E-state index contributed by atoms with van der Waals surface area (Å²) in [5, 5.41) is 0. The maximum Gasteiger partial charge on any atom is 0.194 e. The molecule has 0 N–H and O–H groups in total. The number of rotatable bonds is 9. The Morgan fingerprint density at radius 1 is 0.958 bits per heavy atom. The molecule has 1 fully saturated rings. The predicted octanol–water partition coefficient (Wildman–Crippen LogP) is 6.64. The Bertz CT molecular complexity index is 473. The van der Waals surface area contributed by atoms with E-state index in [1.807, 2.05) is 0 Å². The lowest BCUT2D eigenvalue weighted by Gasteiger charge is -2.27. The number of benzene rings is 1. The first kappa shape index (κ1) is 19.6. The standard InChI is InChI=1S/C20H31F3Si/c1-2-3-6-11-24-12-9-16(10-13-24)7-4-5-8-17-14-18(21)20(23)19(22)15-17/h14-16,24H,2-13H2,1H3. The second-order valence-electron chi connectivity index (χ2n) is 7.50. The van der Waals surface area contributed by atoms with Crippen molar-refractivity contribution in [2.24, 2.45) is 5.92 Å². The van der Waals surface area contributed by atoms with Crippen LogP contribution in [0.3, 0.4) is 0 Å². The second-order valence-corrected chi connectivity index (χ2v) is 11.0. The Balaban J connectivity index is 1.60. The Morgan fingerprint density at radius 2 is 1.62 bits per heavy atom. The highest BCUT2D eigenvalue weighted by molar-refractivity contribution is 6.58. The molecular formula is C20H31F3Si. The third-order valence-electron chi connectivity index (χ3n) is 5.55. The number of hydrogen-bond donors (Lipinski definition) is 0. The summed E-state index contributed by atoms with van der Waals surface area (Å²) < 4.78 is 39.3. The first-order valence-corrected chi connectivity index (χ1v) is 12.2. The van der Waals surface area contributed by atoms with Crippen LogP contribution in [0.25, 0.3) is 0 Å². The molecule has 0 aliphatic carbocycles. The maximum atomic E-state index is 13.2. The molecule has 0 amide bonds. The van der Waals surface area contributed by atoms with Gasteiger partial charge in [-0.1, -0.05) is 70.0 Å². The van der Waals surface area contributed by atoms with Crippen LogP contribution in [0.2, 0.25) is 18.1 Å². The molecule has 0 nitrogen and oxygen atoms in total. The summed E-state index contributed by atoms with van der Waals surface area (Å²) in [6, 6.07) is 6.84. The van der Waals surface area contributed by atoms with Crippen molar-refractivity contribution in [1.82, 2.24) is 0 Å². The highest BCUT2D eigenvalue weighted by Crippen LogP contribution is 2.31. The third kappa shape index (κ3) is 6.27. The van der Waals surface area contributed by atoms with E-state index in [0.717, 1.165) is 30.9 Å². The Kier molecular flexibility index (Phi) is 8.37. The van der Waals surface area contributed by atoms with Gasteiger partial charge in [0.05, 0.1) is 0 Å². The minimum absolute atomic E-state index is 0.422. The van der Waals surface area contributed by atoms with Crippen LogP contribution in [0, 0.1) is 23.4 Å². The molecule has 4 heteroatoms. The van der Waals surface area contributed by atoms with Crippen LogP contribution in [0.5, 0.6) is 0 Å². The molecule has 0 atom stereocenters. The normalized spacial score (nSPS) is 21.2. The number of hydrogen-bond acceptors (Lipinski definition) is 0. The van der Waals surface area contributed by atoms with Crippen molar-refractivity contribution in [2.75, 3.05) is 0 Å². The lowest BCUT2D eigenvalue weighted by Crippen LogP contribution is -2.21. The molecule has 24 heavy (non-hydrogen) atoms. The van der Waals surface area contributed by atoms with E-state index in [1.54, 1.807) is 6.04 Å². The van der Waals surface area contributed by atoms with Crippen LogP contribution in [0.4, 0.5) is 13.2 Å². The lowest BCUT2D eigenvalue weighted by atomic mass is 9.95. The number of aryl methyl sites for hydroxylation is 1. The monoisotopic (exact) mass is 356 g/mol. The third-order valence-corrected chi connectivity index (χ3v) is 9.08. The van der Waals surface area contributed by atoms with Gasteiger partial charge in [-0.15, -0.1) is 0 Å². The highest BCUT2D eigenvalue weighted by atomic mass is 28.3. The summed E-state index contributed by atoms with van der Waals surface area (Å²) in [5.41, 5.74) is 0.568. The topological polar surface area (TPSA) is 0 Å². The van der Waals surface area contributed by atoms with E-state index in [-0.39, 0.29) is 0 Å². The van der Waals surface area contributed by atoms with Crippen molar-refractivity contribution < 1.29 is 13.2 Å². The van der Waals surface area contributed by atoms with Crippen molar-refractivity contribution in [3.63, 3.8) is 0 Å². The molecular weight excluding hydrogens is 325 g/mol. The molecule has 0 aromatic heterocycles. The highest BCUT2D eigenvalue weighted by Gasteiger charge is 2.21. The summed E-state index contributed by atoms with van der Waals surface area (Å²) in [6.07, 6.45) is 10.9. The molecule has 1 aromatic carbocycles. The van der Waals surface area contributed by atoms with E-state index >= 15 is 0 Å². The van der Waals surface area contributed by atoms with Gasteiger partial charge < -0.3 is 0 Å². The van der Waals surface area contributed by atoms with Gasteiger partial charge in [0.15, 0.2) is 17.5 Å². The average Bonchev–Trinajstić information content (AvgIpc) is 2.58. The molecule has 1 heterocycles. The molecule has 0 unspecified atom stereocenters. The van der Waals surface area contributed by atoms with Gasteiger partial charge in [-0.3, -0.25) is 0 Å². The van der Waals surface area contributed by atoms with E-state index in [4.69, 9.17) is 0 Å². The maximum absolute atomic E-state index is 13.2. The summed E-state index contributed by atoms with van der Waals surface area (Å²) in [4.78, 5) is 0. The van der Waals surface area contributed by atoms with E-state index in [2.05, 4.69) is 6.92 Å². The van der Waals surface area contributed by atoms with Gasteiger partial charge in [-0.05, 0) is 36.5 Å². The fourth-order valence-corrected chi connectivity index (χ4v) is 7.62. The first-order valence-electron chi connectivity index (χ1n) is 9.73. The van der Waals surface area contributed by atoms with Gasteiger partial charge in [0.1, 0.15) is 0 Å². The predicted molar refractivity (Wildman–Crippen MR) is 97.7 cm³/mol. The van der Waals surface area contributed by atoms with Crippen LogP contribution >= 0.6 is 0 Å². The van der Waals surface area contributed by atoms with Crippen LogP contribution in [-0.2, 0) is 6.42 Å². The van der Waals surface area contributed by atoms with Crippen LogP contribution in [-0.4, -0.2) is 8.80 Å². The van der Waals surface area contributed by atoms with Gasteiger partial charge in [0.25, 0.3) is 0 Å². The van der Waals surface area contributed by atoms with Gasteiger partial charge in [-0.25, -0.2) is 13.2 Å². The molecule has 0 radical (unpaired) electrons. The van der Waals surface area contributed by atoms with Gasteiger partial charge in [0.2, 0.25) is 0 Å². The summed E-state index contributed by atoms with van der Waals surface area (Å²) >= 11 is 0. The Labute approximate surface area is 146 Å². The van der Waals surface area contributed by atoms with Crippen molar-refractivity contribution in [2.45, 2.75) is 82.8 Å². The lowest BCUT2D eigenvalue weighted by molar-refractivity contribution is 0.416. The van der Waals surface area contributed by atoms with Gasteiger partial charge in [-0.2, -0.15) is 0 Å². The first-order chi connectivity index (χ1) is 11.6. The molecule has 1 saturated heterocycles. The fourth-order valence-electron chi connectivity index (χ4n) is 4.01.